The highest BCUT2D eigenvalue weighted by molar-refractivity contribution is 6.31. The normalized spacial score (nSPS) is 14.5. The van der Waals surface area contributed by atoms with Crippen LogP contribution in [-0.2, 0) is 6.54 Å². The van der Waals surface area contributed by atoms with Crippen LogP contribution in [0.5, 0.6) is 5.75 Å². The molecule has 1 aliphatic rings. The summed E-state index contributed by atoms with van der Waals surface area (Å²) in [5.41, 5.74) is 3.36. The van der Waals surface area contributed by atoms with Gasteiger partial charge in [0.15, 0.2) is 0 Å². The molecule has 7 nitrogen and oxygen atoms in total. The van der Waals surface area contributed by atoms with Crippen molar-refractivity contribution in [1.29, 1.82) is 0 Å². The number of likely N-dealkylation sites (tertiary alicyclic amines) is 1. The first-order chi connectivity index (χ1) is 16.9. The fourth-order valence-corrected chi connectivity index (χ4v) is 4.62. The quantitative estimate of drug-likeness (QED) is 0.303. The summed E-state index contributed by atoms with van der Waals surface area (Å²) in [5, 5.41) is 11.7. The van der Waals surface area contributed by atoms with Gasteiger partial charge in [-0.25, -0.2) is 0 Å². The van der Waals surface area contributed by atoms with E-state index in [9.17, 15) is 14.9 Å². The number of methoxy groups -OCH3 is 1. The fourth-order valence-electron chi connectivity index (χ4n) is 4.44. The van der Waals surface area contributed by atoms with Gasteiger partial charge in [-0.1, -0.05) is 29.3 Å². The average Bonchev–Trinajstić information content (AvgIpc) is 2.87. The number of nitro benzene ring substituents is 1. The molecule has 3 aromatic rings. The Hall–Kier alpha value is -3.42. The molecule has 4 rings (SSSR count). The summed E-state index contributed by atoms with van der Waals surface area (Å²) in [5.74, 6) is 0.704. The summed E-state index contributed by atoms with van der Waals surface area (Å²) >= 11 is 6.31. The Morgan fingerprint density at radius 1 is 1.09 bits per heavy atom. The van der Waals surface area contributed by atoms with Crippen LogP contribution >= 0.6 is 11.6 Å². The van der Waals surface area contributed by atoms with Gasteiger partial charge in [-0.15, -0.1) is 0 Å². The van der Waals surface area contributed by atoms with Crippen molar-refractivity contribution >= 4 is 28.9 Å². The highest BCUT2D eigenvalue weighted by Gasteiger charge is 2.30. The number of benzene rings is 3. The topological polar surface area (TPSA) is 75.9 Å². The molecular weight excluding hydrogens is 466 g/mol. The van der Waals surface area contributed by atoms with Gasteiger partial charge in [-0.2, -0.15) is 0 Å². The van der Waals surface area contributed by atoms with Gasteiger partial charge < -0.3 is 9.64 Å². The second-order valence-corrected chi connectivity index (χ2v) is 9.19. The summed E-state index contributed by atoms with van der Waals surface area (Å²) < 4.78 is 5.29. The van der Waals surface area contributed by atoms with Gasteiger partial charge in [0.2, 0.25) is 0 Å². The van der Waals surface area contributed by atoms with Crippen molar-refractivity contribution in [2.45, 2.75) is 32.4 Å². The van der Waals surface area contributed by atoms with Gasteiger partial charge in [-0.05, 0) is 67.8 Å². The molecule has 182 valence electrons. The van der Waals surface area contributed by atoms with Crippen LogP contribution in [0.1, 0.15) is 34.3 Å². The maximum Gasteiger partial charge on any atom is 0.269 e. The van der Waals surface area contributed by atoms with E-state index >= 15 is 0 Å². The first-order valence-corrected chi connectivity index (χ1v) is 11.9. The average molecular weight is 494 g/mol. The minimum absolute atomic E-state index is 0.0222. The lowest BCUT2D eigenvalue weighted by molar-refractivity contribution is -0.384. The molecule has 0 atom stereocenters. The molecule has 1 saturated heterocycles. The minimum atomic E-state index is -0.407. The van der Waals surface area contributed by atoms with Crippen LogP contribution in [0.25, 0.3) is 0 Å². The molecule has 0 radical (unpaired) electrons. The number of rotatable bonds is 7. The van der Waals surface area contributed by atoms with Gasteiger partial charge in [0.05, 0.1) is 12.0 Å². The van der Waals surface area contributed by atoms with Crippen molar-refractivity contribution in [3.05, 3.63) is 98.6 Å². The number of amides is 1. The van der Waals surface area contributed by atoms with Gasteiger partial charge in [-0.3, -0.25) is 19.8 Å². The predicted molar refractivity (Wildman–Crippen MR) is 137 cm³/mol. The molecule has 8 heteroatoms. The lowest BCUT2D eigenvalue weighted by Gasteiger charge is -2.39. The van der Waals surface area contributed by atoms with Crippen LogP contribution in [-0.4, -0.2) is 42.0 Å². The highest BCUT2D eigenvalue weighted by atomic mass is 35.5. The van der Waals surface area contributed by atoms with Crippen molar-refractivity contribution in [2.75, 3.05) is 25.1 Å². The third kappa shape index (κ3) is 5.81. The van der Waals surface area contributed by atoms with Crippen LogP contribution in [0.2, 0.25) is 5.02 Å². The lowest BCUT2D eigenvalue weighted by atomic mass is 9.99. The predicted octanol–water partition coefficient (Wildman–Crippen LogP) is 5.88. The molecule has 0 aromatic heterocycles. The van der Waals surface area contributed by atoms with Crippen LogP contribution in [0.4, 0.5) is 11.4 Å². The molecular formula is C27H28ClN3O4. The highest BCUT2D eigenvalue weighted by Crippen LogP contribution is 2.30. The molecule has 0 N–H and O–H groups in total. The third-order valence-electron chi connectivity index (χ3n) is 6.42. The van der Waals surface area contributed by atoms with Gasteiger partial charge in [0.25, 0.3) is 11.6 Å². The van der Waals surface area contributed by atoms with Gasteiger partial charge in [0, 0.05) is 54.1 Å². The van der Waals surface area contributed by atoms with Crippen molar-refractivity contribution < 1.29 is 14.5 Å². The lowest BCUT2D eigenvalue weighted by Crippen LogP contribution is -2.47. The van der Waals surface area contributed by atoms with E-state index in [1.807, 2.05) is 60.4 Å². The molecule has 1 fully saturated rings. The standard InChI is InChI=1S/C27H28ClN3O4/c1-19-3-5-20(6-4-19)27(32)30(22-7-10-25(35-2)11-8-22)23-13-15-29(16-14-23)18-21-17-24(31(33)34)9-12-26(21)28/h3-12,17,23H,13-16,18H2,1-2H3. The summed E-state index contributed by atoms with van der Waals surface area (Å²) in [7, 11) is 1.62. The molecule has 0 unspecified atom stereocenters. The van der Waals surface area contributed by atoms with Gasteiger partial charge in [0.1, 0.15) is 5.75 Å². The van der Waals surface area contributed by atoms with Crippen LogP contribution in [0.3, 0.4) is 0 Å². The van der Waals surface area contributed by atoms with Crippen molar-refractivity contribution in [3.63, 3.8) is 0 Å². The number of non-ortho nitro benzene ring substituents is 1. The summed E-state index contributed by atoms with van der Waals surface area (Å²) in [6, 6.07) is 19.8. The van der Waals surface area contributed by atoms with E-state index in [1.54, 1.807) is 19.2 Å². The number of piperidine rings is 1. The number of hydrogen-bond donors (Lipinski definition) is 0. The number of nitrogens with zero attached hydrogens (tertiary/aromatic N) is 3. The molecule has 1 aliphatic heterocycles. The Morgan fingerprint density at radius 3 is 2.34 bits per heavy atom. The van der Waals surface area contributed by atoms with E-state index in [0.29, 0.717) is 17.1 Å². The summed E-state index contributed by atoms with van der Waals surface area (Å²) in [6.07, 6.45) is 1.55. The SMILES string of the molecule is COc1ccc(N(C(=O)c2ccc(C)cc2)C2CCN(Cc3cc([N+](=O)[O-])ccc3Cl)CC2)cc1. The fraction of sp³-hybridized carbons (Fsp3) is 0.296. The Kier molecular flexibility index (Phi) is 7.68. The second kappa shape index (κ2) is 10.9. The minimum Gasteiger partial charge on any atom is -0.497 e. The molecule has 1 heterocycles. The summed E-state index contributed by atoms with van der Waals surface area (Å²) in [4.78, 5) is 28.5. The summed E-state index contributed by atoms with van der Waals surface area (Å²) in [6.45, 7) is 4.02. The van der Waals surface area contributed by atoms with E-state index in [2.05, 4.69) is 4.90 Å². The molecule has 0 saturated carbocycles. The number of carbonyl (C=O) groups excluding carboxylic acids is 1. The molecule has 0 bridgehead atoms. The number of ether oxygens (including phenoxy) is 1. The van der Waals surface area contributed by atoms with Crippen molar-refractivity contribution in [3.8, 4) is 5.75 Å². The Morgan fingerprint density at radius 2 is 1.74 bits per heavy atom. The number of hydrogen-bond acceptors (Lipinski definition) is 5. The number of anilines is 1. The Balaban J connectivity index is 1.52. The number of halogens is 1. The van der Waals surface area contributed by atoms with E-state index in [1.165, 1.54) is 6.07 Å². The zero-order chi connectivity index (χ0) is 24.9. The third-order valence-corrected chi connectivity index (χ3v) is 6.79. The monoisotopic (exact) mass is 493 g/mol. The van der Waals surface area contributed by atoms with Crippen LogP contribution < -0.4 is 9.64 Å². The Bertz CT molecular complexity index is 1190. The number of nitro groups is 1. The van der Waals surface area contributed by atoms with E-state index in [-0.39, 0.29) is 17.6 Å². The maximum atomic E-state index is 13.6. The first kappa shape index (κ1) is 24.7. The molecule has 0 aliphatic carbocycles. The van der Waals surface area contributed by atoms with Crippen LogP contribution in [0.15, 0.2) is 66.7 Å². The van der Waals surface area contributed by atoms with Crippen LogP contribution in [0, 0.1) is 17.0 Å². The first-order valence-electron chi connectivity index (χ1n) is 11.5. The van der Waals surface area contributed by atoms with Crippen molar-refractivity contribution in [2.24, 2.45) is 0 Å². The molecule has 3 aromatic carbocycles. The molecule has 35 heavy (non-hydrogen) atoms. The van der Waals surface area contributed by atoms with E-state index in [4.69, 9.17) is 16.3 Å². The Labute approximate surface area is 210 Å². The zero-order valence-electron chi connectivity index (χ0n) is 19.8. The van der Waals surface area contributed by atoms with Crippen molar-refractivity contribution in [1.82, 2.24) is 4.90 Å². The smallest absolute Gasteiger partial charge is 0.269 e. The largest absolute Gasteiger partial charge is 0.497 e. The number of aryl methyl sites for hydroxylation is 1. The maximum absolute atomic E-state index is 13.6. The van der Waals surface area contributed by atoms with Gasteiger partial charge >= 0.3 is 0 Å². The van der Waals surface area contributed by atoms with E-state index < -0.39 is 4.92 Å². The number of carbonyl (C=O) groups is 1. The second-order valence-electron chi connectivity index (χ2n) is 8.78. The molecule has 0 spiro atoms. The molecule has 1 amide bonds. The van der Waals surface area contributed by atoms with E-state index in [0.717, 1.165) is 48.5 Å². The zero-order valence-corrected chi connectivity index (χ0v) is 20.6.